The summed E-state index contributed by atoms with van der Waals surface area (Å²) in [7, 11) is 0. The van der Waals surface area contributed by atoms with Crippen molar-refractivity contribution in [1.29, 1.82) is 5.26 Å². The normalized spacial score (nSPS) is 12.7. The number of amides is 1. The van der Waals surface area contributed by atoms with Crippen molar-refractivity contribution >= 4 is 74.7 Å². The van der Waals surface area contributed by atoms with Crippen LogP contribution in [-0.2, 0) is 30.5 Å². The number of hydrogen-bond acceptors (Lipinski definition) is 10. The van der Waals surface area contributed by atoms with E-state index < -0.39 is 11.1 Å². The van der Waals surface area contributed by atoms with Crippen LogP contribution in [0.25, 0.3) is 9.69 Å². The van der Waals surface area contributed by atoms with Gasteiger partial charge in [-0.1, -0.05) is 24.3 Å². The highest BCUT2D eigenvalue weighted by Gasteiger charge is 2.50. The van der Waals surface area contributed by atoms with Crippen LogP contribution in [0, 0.1) is 50.0 Å². The summed E-state index contributed by atoms with van der Waals surface area (Å²) in [4.78, 5) is 35.2. The van der Waals surface area contributed by atoms with Gasteiger partial charge < -0.3 is 19.1 Å². The Morgan fingerprint density at radius 2 is 1.36 bits per heavy atom. The molecule has 1 saturated heterocycles. The van der Waals surface area contributed by atoms with Crippen LogP contribution in [0.1, 0.15) is 74.6 Å². The molecule has 1 fully saturated rings. The van der Waals surface area contributed by atoms with E-state index in [1.807, 2.05) is 19.9 Å². The van der Waals surface area contributed by atoms with E-state index in [-0.39, 0.29) is 22.7 Å². The lowest BCUT2D eigenvalue weighted by Crippen LogP contribution is -2.44. The van der Waals surface area contributed by atoms with Gasteiger partial charge in [-0.3, -0.25) is 9.69 Å². The zero-order valence-electron chi connectivity index (χ0n) is 37.4. The Labute approximate surface area is 394 Å². The van der Waals surface area contributed by atoms with Gasteiger partial charge in [-0.15, -0.1) is 0 Å². The number of halogens is 2. The molecule has 0 atom stereocenters. The van der Waals surface area contributed by atoms with Crippen LogP contribution in [0.2, 0.25) is 0 Å². The molecule has 1 aliphatic heterocycles. The number of anilines is 3. The van der Waals surface area contributed by atoms with E-state index >= 15 is 0 Å². The van der Waals surface area contributed by atoms with Gasteiger partial charge in [0.2, 0.25) is 0 Å². The summed E-state index contributed by atoms with van der Waals surface area (Å²) in [5.41, 5.74) is 4.83. The second-order valence-corrected chi connectivity index (χ2v) is 16.7. The van der Waals surface area contributed by atoms with Crippen LogP contribution in [0.4, 0.5) is 42.9 Å². The van der Waals surface area contributed by atoms with Crippen molar-refractivity contribution in [2.24, 2.45) is 4.99 Å². The van der Waals surface area contributed by atoms with Gasteiger partial charge in [0.1, 0.15) is 35.2 Å². The Bertz CT molecular complexity index is 2860. The maximum absolute atomic E-state index is 15.0. The Balaban J connectivity index is 0.000000210. The molecule has 0 aliphatic carbocycles. The molecular formula is C50H47F2N9O3S2. The van der Waals surface area contributed by atoms with Crippen molar-refractivity contribution in [2.75, 3.05) is 15.1 Å². The molecule has 1 N–H and O–H groups in total. The predicted octanol–water partition coefficient (Wildman–Crippen LogP) is 12.7. The third-order valence-electron chi connectivity index (χ3n) is 10.4. The number of oxazole rings is 2. The maximum atomic E-state index is 15.0. The summed E-state index contributed by atoms with van der Waals surface area (Å²) in [6.45, 7) is 24.8. The van der Waals surface area contributed by atoms with Crippen molar-refractivity contribution in [2.45, 2.75) is 91.1 Å². The van der Waals surface area contributed by atoms with Gasteiger partial charge in [0, 0.05) is 29.9 Å². The van der Waals surface area contributed by atoms with E-state index in [9.17, 15) is 13.6 Å². The smallest absolute Gasteiger partial charge is 0.259 e. The van der Waals surface area contributed by atoms with Gasteiger partial charge in [-0.2, -0.15) is 10.3 Å². The number of carbonyl (C=O) groups is 1. The SMILES string of the molecule is CC(C)(C#N)Nc1ccc(CCCc2ncco2)c(F)c1.[C-]#[N+]c1ccc(N2C(=O)C(C)(C)N(c3ccc(CCCc4ncco4)c(F)c3)C2=S)cc1C.[C-]#[N+]c1ccc(N=C=S)cc1C. The summed E-state index contributed by atoms with van der Waals surface area (Å²) < 4.78 is 39.4. The molecule has 0 radical (unpaired) electrons. The van der Waals surface area contributed by atoms with E-state index in [1.165, 1.54) is 29.6 Å². The molecule has 0 unspecified atom stereocenters. The summed E-state index contributed by atoms with van der Waals surface area (Å²) in [6, 6.07) is 22.5. The zero-order chi connectivity index (χ0) is 48.0. The van der Waals surface area contributed by atoms with Gasteiger partial charge in [0.15, 0.2) is 28.3 Å². The van der Waals surface area contributed by atoms with E-state index in [0.717, 1.165) is 23.2 Å². The van der Waals surface area contributed by atoms with E-state index in [1.54, 1.807) is 99.6 Å². The highest BCUT2D eigenvalue weighted by Crippen LogP contribution is 2.38. The third-order valence-corrected chi connectivity index (χ3v) is 10.9. The van der Waals surface area contributed by atoms with Gasteiger partial charge in [0.05, 0.1) is 42.5 Å². The van der Waals surface area contributed by atoms with Gasteiger partial charge in [-0.05, 0) is 162 Å². The number of nitriles is 1. The number of nitrogens with zero attached hydrogens (tertiary/aromatic N) is 8. The van der Waals surface area contributed by atoms with Gasteiger partial charge in [0.25, 0.3) is 5.91 Å². The molecule has 1 amide bonds. The van der Waals surface area contributed by atoms with Gasteiger partial charge >= 0.3 is 0 Å². The monoisotopic (exact) mass is 923 g/mol. The number of aromatic nitrogens is 2. The van der Waals surface area contributed by atoms with Crippen LogP contribution in [0.15, 0.2) is 112 Å². The summed E-state index contributed by atoms with van der Waals surface area (Å²) in [6.07, 6.45) is 10.2. The molecule has 16 heteroatoms. The number of isothiocyanates is 1. The minimum Gasteiger partial charge on any atom is -0.449 e. The lowest BCUT2D eigenvalue weighted by Gasteiger charge is -2.29. The quantitative estimate of drug-likeness (QED) is 0.0678. The van der Waals surface area contributed by atoms with Crippen LogP contribution >= 0.6 is 24.4 Å². The van der Waals surface area contributed by atoms with Crippen LogP contribution in [0.5, 0.6) is 0 Å². The lowest BCUT2D eigenvalue weighted by atomic mass is 10.0. The van der Waals surface area contributed by atoms with Crippen LogP contribution in [-0.4, -0.2) is 37.2 Å². The van der Waals surface area contributed by atoms with Crippen LogP contribution < -0.4 is 15.1 Å². The second kappa shape index (κ2) is 22.5. The molecule has 0 bridgehead atoms. The third kappa shape index (κ3) is 12.6. The summed E-state index contributed by atoms with van der Waals surface area (Å²) in [5, 5.41) is 14.5. The number of aliphatic imine (C=N–C) groups is 1. The molecule has 0 spiro atoms. The summed E-state index contributed by atoms with van der Waals surface area (Å²) in [5.74, 6) is 0.486. The fourth-order valence-corrected chi connectivity index (χ4v) is 7.58. The molecule has 3 heterocycles. The fraction of sp³-hybridized carbons (Fsp3) is 0.280. The number of rotatable bonds is 13. The Kier molecular flexibility index (Phi) is 16.9. The molecule has 0 saturated carbocycles. The molecule has 336 valence electrons. The molecule has 12 nitrogen and oxygen atoms in total. The molecule has 6 aromatic rings. The number of benzene rings is 4. The van der Waals surface area contributed by atoms with E-state index in [0.29, 0.717) is 83.4 Å². The van der Waals surface area contributed by atoms with Crippen molar-refractivity contribution in [1.82, 2.24) is 9.97 Å². The van der Waals surface area contributed by atoms with E-state index in [2.05, 4.69) is 53.4 Å². The number of hydrogen-bond donors (Lipinski definition) is 1. The number of aryl methyl sites for hydroxylation is 6. The second-order valence-electron chi connectivity index (χ2n) is 16.2. The lowest BCUT2D eigenvalue weighted by molar-refractivity contribution is -0.120. The standard InChI is InChI=1S/C25H23FN4O2S.C16H18FN3O.C9H6N2S/c1-16-14-18(10-11-21(16)27-4)29-23(31)25(2,3)30(24(29)33)19-9-8-17(20(26)15-19)6-5-7-22-28-12-13-32-22;1-16(2,11-18)20-13-7-6-12(14(17)10-13)4-3-5-15-19-8-9-21-15;1-7-5-8(11-6-12)3-4-9(7)10-2/h8-15H,5-7H2,1-3H3;6-10,20H,3-5H2,1-2H3;3-5H,1H3. The van der Waals surface area contributed by atoms with Crippen molar-refractivity contribution in [3.63, 3.8) is 0 Å². The molecule has 66 heavy (non-hydrogen) atoms. The molecular weight excluding hydrogens is 877 g/mol. The first-order chi connectivity index (χ1) is 31.5. The molecule has 2 aromatic heterocycles. The first-order valence-electron chi connectivity index (χ1n) is 20.8. The highest BCUT2D eigenvalue weighted by atomic mass is 32.1. The maximum Gasteiger partial charge on any atom is 0.259 e. The average Bonchev–Trinajstić information content (AvgIpc) is 4.04. The zero-order valence-corrected chi connectivity index (χ0v) is 39.0. The number of thiocarbonyl (C=S) groups is 2. The van der Waals surface area contributed by atoms with Crippen molar-refractivity contribution < 1.29 is 22.4 Å². The Hall–Kier alpha value is -7.41. The predicted molar refractivity (Wildman–Crippen MR) is 259 cm³/mol. The topological polar surface area (TPSA) is 133 Å². The Morgan fingerprint density at radius 1 is 0.818 bits per heavy atom. The minimum absolute atomic E-state index is 0.210. The summed E-state index contributed by atoms with van der Waals surface area (Å²) >= 11 is 10.1. The molecule has 7 rings (SSSR count). The first kappa shape index (κ1) is 49.6. The minimum atomic E-state index is -0.998. The Morgan fingerprint density at radius 3 is 1.85 bits per heavy atom. The number of nitrogens with one attached hydrogen (secondary N) is 1. The highest BCUT2D eigenvalue weighted by molar-refractivity contribution is 7.81. The van der Waals surface area contributed by atoms with E-state index in [4.69, 9.17) is 39.5 Å². The van der Waals surface area contributed by atoms with Crippen LogP contribution in [0.3, 0.4) is 0 Å². The fourth-order valence-electron chi connectivity index (χ4n) is 6.96. The molecule has 4 aromatic carbocycles. The average molecular weight is 924 g/mol. The van der Waals surface area contributed by atoms with Gasteiger partial charge in [-0.25, -0.2) is 28.4 Å². The van der Waals surface area contributed by atoms with Crippen molar-refractivity contribution in [3.05, 3.63) is 166 Å². The first-order valence-corrected chi connectivity index (χ1v) is 21.6. The molecule has 1 aliphatic rings. The largest absolute Gasteiger partial charge is 0.449 e. The number of carbonyl (C=O) groups excluding carboxylic acids is 1. The van der Waals surface area contributed by atoms with Crippen molar-refractivity contribution in [3.8, 4) is 6.07 Å².